The third-order valence-corrected chi connectivity index (χ3v) is 3.73. The summed E-state index contributed by atoms with van der Waals surface area (Å²) < 4.78 is 0. The lowest BCUT2D eigenvalue weighted by atomic mass is 10.3. The Kier molecular flexibility index (Phi) is 2.67. The monoisotopic (exact) mass is 260 g/mol. The fourth-order valence-electron chi connectivity index (χ4n) is 1.71. The number of nitrogens with one attached hydrogen (secondary N) is 2. The van der Waals surface area contributed by atoms with E-state index in [1.165, 1.54) is 6.33 Å². The number of aromatic amines is 1. The Morgan fingerprint density at radius 3 is 3.00 bits per heavy atom. The van der Waals surface area contributed by atoms with E-state index in [4.69, 9.17) is 0 Å². The van der Waals surface area contributed by atoms with E-state index in [9.17, 15) is 0 Å². The first-order chi connectivity index (χ1) is 8.74. The van der Waals surface area contributed by atoms with E-state index in [1.54, 1.807) is 17.7 Å². The molecule has 0 bridgehead atoms. The van der Waals surface area contributed by atoms with Gasteiger partial charge in [-0.05, 0) is 13.8 Å². The van der Waals surface area contributed by atoms with Crippen molar-refractivity contribution in [3.8, 4) is 0 Å². The van der Waals surface area contributed by atoms with Crippen molar-refractivity contribution in [3.63, 3.8) is 0 Å². The molecule has 1 unspecified atom stereocenters. The summed E-state index contributed by atoms with van der Waals surface area (Å²) in [4.78, 5) is 19.9. The number of anilines is 1. The number of fused-ring (bicyclic) bond motifs is 1. The molecule has 0 saturated carbocycles. The van der Waals surface area contributed by atoms with Gasteiger partial charge in [-0.25, -0.2) is 19.9 Å². The molecule has 0 spiro atoms. The molecule has 0 fully saturated rings. The summed E-state index contributed by atoms with van der Waals surface area (Å²) in [5, 5.41) is 6.41. The van der Waals surface area contributed by atoms with Crippen molar-refractivity contribution in [1.29, 1.82) is 0 Å². The van der Waals surface area contributed by atoms with E-state index in [1.807, 2.05) is 12.3 Å². The summed E-state index contributed by atoms with van der Waals surface area (Å²) in [6, 6.07) is 0.102. The molecule has 3 rings (SSSR count). The Bertz CT molecular complexity index is 673. The topological polar surface area (TPSA) is 79.4 Å². The second-order valence-corrected chi connectivity index (χ2v) is 4.91. The molecule has 7 heteroatoms. The van der Waals surface area contributed by atoms with Crippen LogP contribution in [0.3, 0.4) is 0 Å². The smallest absolute Gasteiger partial charge is 0.182 e. The van der Waals surface area contributed by atoms with Gasteiger partial charge in [0.2, 0.25) is 0 Å². The standard InChI is InChI=1S/C11H12N6S/c1-6-3-18-11(16-6)7(2)17-10-8-9(13-4-12-8)14-5-15-10/h3-5,7H,1-2H3,(H2,12,13,14,15,17). The van der Waals surface area contributed by atoms with Gasteiger partial charge in [-0.15, -0.1) is 11.3 Å². The van der Waals surface area contributed by atoms with Gasteiger partial charge in [0.15, 0.2) is 11.5 Å². The third kappa shape index (κ3) is 1.92. The molecule has 0 aliphatic carbocycles. The number of imidazole rings is 1. The van der Waals surface area contributed by atoms with Crippen LogP contribution in [-0.2, 0) is 0 Å². The predicted octanol–water partition coefficient (Wildman–Crippen LogP) is 2.29. The first-order valence-electron chi connectivity index (χ1n) is 5.56. The fourth-order valence-corrected chi connectivity index (χ4v) is 2.52. The molecule has 18 heavy (non-hydrogen) atoms. The summed E-state index contributed by atoms with van der Waals surface area (Å²) in [5.41, 5.74) is 2.52. The number of aromatic nitrogens is 5. The first kappa shape index (κ1) is 11.1. The highest BCUT2D eigenvalue weighted by molar-refractivity contribution is 7.09. The zero-order valence-electron chi connectivity index (χ0n) is 10.0. The lowest BCUT2D eigenvalue weighted by Crippen LogP contribution is -2.08. The van der Waals surface area contributed by atoms with Gasteiger partial charge in [0.1, 0.15) is 16.9 Å². The number of nitrogens with zero attached hydrogens (tertiary/aromatic N) is 4. The van der Waals surface area contributed by atoms with Gasteiger partial charge < -0.3 is 10.3 Å². The minimum atomic E-state index is 0.102. The van der Waals surface area contributed by atoms with Crippen molar-refractivity contribution < 1.29 is 0 Å². The minimum Gasteiger partial charge on any atom is -0.359 e. The van der Waals surface area contributed by atoms with Crippen molar-refractivity contribution in [3.05, 3.63) is 28.7 Å². The second kappa shape index (κ2) is 4.34. The van der Waals surface area contributed by atoms with Crippen LogP contribution in [0, 0.1) is 6.92 Å². The molecule has 3 aromatic rings. The van der Waals surface area contributed by atoms with Crippen LogP contribution < -0.4 is 5.32 Å². The zero-order chi connectivity index (χ0) is 12.5. The molecule has 3 heterocycles. The Morgan fingerprint density at radius 1 is 1.33 bits per heavy atom. The number of thiazole rings is 1. The molecule has 0 radical (unpaired) electrons. The third-order valence-electron chi connectivity index (χ3n) is 2.58. The van der Waals surface area contributed by atoms with E-state index >= 15 is 0 Å². The maximum atomic E-state index is 4.46. The molecule has 6 nitrogen and oxygen atoms in total. The highest BCUT2D eigenvalue weighted by Crippen LogP contribution is 2.23. The molecule has 2 N–H and O–H groups in total. The van der Waals surface area contributed by atoms with Gasteiger partial charge in [-0.3, -0.25) is 0 Å². The lowest BCUT2D eigenvalue weighted by Gasteiger charge is -2.11. The van der Waals surface area contributed by atoms with E-state index in [0.717, 1.165) is 22.0 Å². The number of hydrogen-bond acceptors (Lipinski definition) is 6. The molecular weight excluding hydrogens is 248 g/mol. The summed E-state index contributed by atoms with van der Waals surface area (Å²) in [6.45, 7) is 4.05. The highest BCUT2D eigenvalue weighted by Gasteiger charge is 2.12. The summed E-state index contributed by atoms with van der Waals surface area (Å²) in [6.07, 6.45) is 3.12. The van der Waals surface area contributed by atoms with Crippen LogP contribution >= 0.6 is 11.3 Å². The van der Waals surface area contributed by atoms with Crippen LogP contribution in [0.15, 0.2) is 18.0 Å². The number of H-pyrrole nitrogens is 1. The Balaban J connectivity index is 1.90. The van der Waals surface area contributed by atoms with Gasteiger partial charge in [0.25, 0.3) is 0 Å². The summed E-state index contributed by atoms with van der Waals surface area (Å²) in [7, 11) is 0. The Hall–Kier alpha value is -2.02. The van der Waals surface area contributed by atoms with Crippen molar-refractivity contribution in [2.45, 2.75) is 19.9 Å². The first-order valence-corrected chi connectivity index (χ1v) is 6.44. The molecule has 0 saturated heterocycles. The molecular formula is C11H12N6S. The van der Waals surface area contributed by atoms with Gasteiger partial charge in [-0.2, -0.15) is 0 Å². The highest BCUT2D eigenvalue weighted by atomic mass is 32.1. The molecule has 92 valence electrons. The van der Waals surface area contributed by atoms with E-state index in [-0.39, 0.29) is 6.04 Å². The van der Waals surface area contributed by atoms with E-state index < -0.39 is 0 Å². The van der Waals surface area contributed by atoms with Crippen molar-refractivity contribution in [1.82, 2.24) is 24.9 Å². The van der Waals surface area contributed by atoms with E-state index in [0.29, 0.717) is 5.65 Å². The molecule has 3 aromatic heterocycles. The Morgan fingerprint density at radius 2 is 2.22 bits per heavy atom. The number of rotatable bonds is 3. The Labute approximate surface area is 108 Å². The average molecular weight is 260 g/mol. The quantitative estimate of drug-likeness (QED) is 0.755. The van der Waals surface area contributed by atoms with Crippen LogP contribution in [-0.4, -0.2) is 24.9 Å². The molecule has 1 atom stereocenters. The minimum absolute atomic E-state index is 0.102. The zero-order valence-corrected chi connectivity index (χ0v) is 10.8. The molecule has 0 aliphatic heterocycles. The van der Waals surface area contributed by atoms with Crippen molar-refractivity contribution >= 4 is 28.3 Å². The van der Waals surface area contributed by atoms with Gasteiger partial charge in [0, 0.05) is 11.1 Å². The van der Waals surface area contributed by atoms with Crippen LogP contribution in [0.1, 0.15) is 23.7 Å². The summed E-state index contributed by atoms with van der Waals surface area (Å²) in [5.74, 6) is 0.748. The largest absolute Gasteiger partial charge is 0.359 e. The normalized spacial score (nSPS) is 12.8. The second-order valence-electron chi connectivity index (χ2n) is 4.02. The van der Waals surface area contributed by atoms with E-state index in [2.05, 4.69) is 37.2 Å². The van der Waals surface area contributed by atoms with Gasteiger partial charge in [0.05, 0.1) is 12.4 Å². The molecule has 0 amide bonds. The van der Waals surface area contributed by atoms with Crippen molar-refractivity contribution in [2.75, 3.05) is 5.32 Å². The van der Waals surface area contributed by atoms with Crippen LogP contribution in [0.5, 0.6) is 0 Å². The maximum absolute atomic E-state index is 4.46. The predicted molar refractivity (Wildman–Crippen MR) is 70.6 cm³/mol. The van der Waals surface area contributed by atoms with Gasteiger partial charge in [-0.1, -0.05) is 0 Å². The summed E-state index contributed by atoms with van der Waals surface area (Å²) >= 11 is 1.64. The van der Waals surface area contributed by atoms with Crippen molar-refractivity contribution in [2.24, 2.45) is 0 Å². The molecule has 0 aliphatic rings. The van der Waals surface area contributed by atoms with Crippen LogP contribution in [0.2, 0.25) is 0 Å². The lowest BCUT2D eigenvalue weighted by molar-refractivity contribution is 0.856. The average Bonchev–Trinajstić information content (AvgIpc) is 2.97. The molecule has 0 aromatic carbocycles. The maximum Gasteiger partial charge on any atom is 0.182 e. The fraction of sp³-hybridized carbons (Fsp3) is 0.273. The number of hydrogen-bond donors (Lipinski definition) is 2. The van der Waals surface area contributed by atoms with Crippen LogP contribution in [0.4, 0.5) is 5.82 Å². The van der Waals surface area contributed by atoms with Gasteiger partial charge >= 0.3 is 0 Å². The van der Waals surface area contributed by atoms with Crippen LogP contribution in [0.25, 0.3) is 11.2 Å². The number of aryl methyl sites for hydroxylation is 1. The SMILES string of the molecule is Cc1csc(C(C)Nc2ncnc3nc[nH]c23)n1.